The second-order valence-electron chi connectivity index (χ2n) is 8.15. The van der Waals surface area contributed by atoms with E-state index >= 15 is 0 Å². The quantitative estimate of drug-likeness (QED) is 0.529. The molecule has 0 spiro atoms. The summed E-state index contributed by atoms with van der Waals surface area (Å²) in [5, 5.41) is 6.28. The van der Waals surface area contributed by atoms with Gasteiger partial charge in [-0.3, -0.25) is 4.79 Å². The first-order valence-corrected chi connectivity index (χ1v) is 12.8. The average molecular weight is 464 g/mol. The predicted molar refractivity (Wildman–Crippen MR) is 133 cm³/mol. The van der Waals surface area contributed by atoms with Crippen molar-refractivity contribution in [2.24, 2.45) is 0 Å². The summed E-state index contributed by atoms with van der Waals surface area (Å²) in [6.07, 6.45) is 1.37. The number of rotatable bonds is 8. The lowest BCUT2D eigenvalue weighted by Gasteiger charge is -2.29. The monoisotopic (exact) mass is 463 g/mol. The number of nitrogens with zero attached hydrogens (tertiary/aromatic N) is 1. The molecular formula is C26H29N3O3S. The highest BCUT2D eigenvalue weighted by molar-refractivity contribution is 7.89. The van der Waals surface area contributed by atoms with Crippen LogP contribution in [0.25, 0.3) is 0 Å². The lowest BCUT2D eigenvalue weighted by atomic mass is 9.99. The van der Waals surface area contributed by atoms with Gasteiger partial charge in [0.05, 0.1) is 12.3 Å². The van der Waals surface area contributed by atoms with Gasteiger partial charge in [-0.2, -0.15) is 4.31 Å². The molecule has 1 aliphatic rings. The molecule has 0 unspecified atom stereocenters. The van der Waals surface area contributed by atoms with Crippen LogP contribution in [0.5, 0.6) is 0 Å². The highest BCUT2D eigenvalue weighted by Gasteiger charge is 2.26. The van der Waals surface area contributed by atoms with E-state index < -0.39 is 10.0 Å². The van der Waals surface area contributed by atoms with E-state index in [1.807, 2.05) is 60.7 Å². The molecule has 0 saturated heterocycles. The fourth-order valence-electron chi connectivity index (χ4n) is 4.15. The third-order valence-corrected chi connectivity index (χ3v) is 7.79. The molecule has 1 amide bonds. The summed E-state index contributed by atoms with van der Waals surface area (Å²) in [5.41, 5.74) is 6.00. The smallest absolute Gasteiger partial charge is 0.243 e. The Morgan fingerprint density at radius 3 is 2.45 bits per heavy atom. The van der Waals surface area contributed by atoms with Crippen molar-refractivity contribution in [3.8, 4) is 0 Å². The molecule has 7 heteroatoms. The number of para-hydroxylation sites is 1. The second-order valence-corrected chi connectivity index (χ2v) is 10.4. The molecule has 1 aliphatic heterocycles. The summed E-state index contributed by atoms with van der Waals surface area (Å²) in [6, 6.07) is 23.8. The Bertz CT molecular complexity index is 1230. The molecular weight excluding hydrogens is 434 g/mol. The fraction of sp³-hybridized carbons (Fsp3) is 0.269. The number of carbonyl (C=O) groups is 1. The Balaban J connectivity index is 1.41. The highest BCUT2D eigenvalue weighted by Crippen LogP contribution is 2.27. The number of nitrogens with one attached hydrogen (secondary N) is 2. The van der Waals surface area contributed by atoms with Crippen LogP contribution in [0, 0.1) is 0 Å². The lowest BCUT2D eigenvalue weighted by Crippen LogP contribution is -2.37. The summed E-state index contributed by atoms with van der Waals surface area (Å²) in [5.74, 6) is -0.0225. The largest absolute Gasteiger partial charge is 0.376 e. The van der Waals surface area contributed by atoms with Crippen LogP contribution in [0.3, 0.4) is 0 Å². The number of carbonyl (C=O) groups excluding carboxylic acids is 1. The van der Waals surface area contributed by atoms with E-state index in [1.165, 1.54) is 9.87 Å². The Hall–Kier alpha value is -3.16. The van der Waals surface area contributed by atoms with Crippen LogP contribution in [0.1, 0.15) is 29.2 Å². The molecule has 172 valence electrons. The van der Waals surface area contributed by atoms with Gasteiger partial charge in [-0.25, -0.2) is 8.42 Å². The Kier molecular flexibility index (Phi) is 7.11. The van der Waals surface area contributed by atoms with Gasteiger partial charge in [0.1, 0.15) is 0 Å². The summed E-state index contributed by atoms with van der Waals surface area (Å²) in [7, 11) is -3.22. The van der Waals surface area contributed by atoms with E-state index in [4.69, 9.17) is 0 Å². The number of anilines is 2. The molecule has 4 rings (SSSR count). The lowest BCUT2D eigenvalue weighted by molar-refractivity contribution is -0.114. The van der Waals surface area contributed by atoms with E-state index in [2.05, 4.69) is 22.8 Å². The van der Waals surface area contributed by atoms with Crippen molar-refractivity contribution in [1.29, 1.82) is 0 Å². The normalized spacial score (nSPS) is 13.8. The van der Waals surface area contributed by atoms with Gasteiger partial charge in [0.25, 0.3) is 0 Å². The van der Waals surface area contributed by atoms with E-state index in [9.17, 15) is 13.2 Å². The van der Waals surface area contributed by atoms with Crippen LogP contribution in [-0.2, 0) is 34.2 Å². The van der Waals surface area contributed by atoms with Crippen molar-refractivity contribution in [3.05, 3.63) is 95.1 Å². The molecule has 2 N–H and O–H groups in total. The number of hydrogen-bond donors (Lipinski definition) is 2. The average Bonchev–Trinajstić information content (AvgIpc) is 2.84. The van der Waals surface area contributed by atoms with E-state index in [0.29, 0.717) is 19.5 Å². The number of fused-ring (bicyclic) bond motifs is 1. The SMILES string of the molecule is CCS(=O)(=O)N1CCc2c(cccc2NCC(=O)Nc2ccccc2Cc2ccccc2)C1. The maximum Gasteiger partial charge on any atom is 0.243 e. The van der Waals surface area contributed by atoms with Crippen LogP contribution >= 0.6 is 0 Å². The first-order valence-electron chi connectivity index (χ1n) is 11.2. The molecule has 6 nitrogen and oxygen atoms in total. The predicted octanol–water partition coefficient (Wildman–Crippen LogP) is 4.04. The minimum atomic E-state index is -3.22. The van der Waals surface area contributed by atoms with Crippen molar-refractivity contribution in [2.45, 2.75) is 26.3 Å². The van der Waals surface area contributed by atoms with Gasteiger partial charge in [0.15, 0.2) is 0 Å². The van der Waals surface area contributed by atoms with E-state index in [0.717, 1.165) is 34.5 Å². The van der Waals surface area contributed by atoms with Crippen LogP contribution in [0.2, 0.25) is 0 Å². The molecule has 1 heterocycles. The Morgan fingerprint density at radius 2 is 1.67 bits per heavy atom. The zero-order chi connectivity index (χ0) is 23.3. The van der Waals surface area contributed by atoms with E-state index in [-0.39, 0.29) is 18.2 Å². The molecule has 0 aliphatic carbocycles. The van der Waals surface area contributed by atoms with Gasteiger partial charge >= 0.3 is 0 Å². The molecule has 0 atom stereocenters. The number of benzene rings is 3. The summed E-state index contributed by atoms with van der Waals surface area (Å²) >= 11 is 0. The summed E-state index contributed by atoms with van der Waals surface area (Å²) in [4.78, 5) is 12.7. The van der Waals surface area contributed by atoms with Crippen molar-refractivity contribution in [1.82, 2.24) is 4.31 Å². The zero-order valence-electron chi connectivity index (χ0n) is 18.8. The minimum Gasteiger partial charge on any atom is -0.376 e. The molecule has 3 aromatic carbocycles. The molecule has 33 heavy (non-hydrogen) atoms. The van der Waals surface area contributed by atoms with Gasteiger partial charge in [0, 0.05) is 24.5 Å². The van der Waals surface area contributed by atoms with Crippen molar-refractivity contribution >= 4 is 27.3 Å². The Labute approximate surface area is 195 Å². The third-order valence-electron chi connectivity index (χ3n) is 5.96. The molecule has 0 radical (unpaired) electrons. The van der Waals surface area contributed by atoms with E-state index in [1.54, 1.807) is 6.92 Å². The van der Waals surface area contributed by atoms with Gasteiger partial charge < -0.3 is 10.6 Å². The third kappa shape index (κ3) is 5.61. The molecule has 0 fully saturated rings. The van der Waals surface area contributed by atoms with Gasteiger partial charge in [-0.15, -0.1) is 0 Å². The maximum absolute atomic E-state index is 12.7. The fourth-order valence-corrected chi connectivity index (χ4v) is 5.22. The minimum absolute atomic E-state index is 0.103. The first-order chi connectivity index (χ1) is 16.0. The Morgan fingerprint density at radius 1 is 0.939 bits per heavy atom. The molecule has 0 aromatic heterocycles. The van der Waals surface area contributed by atoms with Crippen LogP contribution in [-0.4, -0.2) is 37.5 Å². The van der Waals surface area contributed by atoms with Gasteiger partial charge in [-0.1, -0.05) is 60.7 Å². The number of hydrogen-bond acceptors (Lipinski definition) is 4. The van der Waals surface area contributed by atoms with Crippen molar-refractivity contribution in [3.63, 3.8) is 0 Å². The zero-order valence-corrected chi connectivity index (χ0v) is 19.6. The molecule has 0 saturated carbocycles. The summed E-state index contributed by atoms with van der Waals surface area (Å²) in [6.45, 7) is 2.63. The topological polar surface area (TPSA) is 78.5 Å². The van der Waals surface area contributed by atoms with Crippen LogP contribution in [0.15, 0.2) is 72.8 Å². The van der Waals surface area contributed by atoms with Crippen molar-refractivity contribution in [2.75, 3.05) is 29.5 Å². The summed E-state index contributed by atoms with van der Waals surface area (Å²) < 4.78 is 26.0. The number of sulfonamides is 1. The standard InChI is InChI=1S/C26H29N3O3S/c1-2-33(31,32)29-16-15-23-22(19-29)12-8-14-25(23)27-18-26(30)28-24-13-7-6-11-21(24)17-20-9-4-3-5-10-20/h3-14,27H,2,15-19H2,1H3,(H,28,30). The maximum atomic E-state index is 12.7. The van der Waals surface area contributed by atoms with Gasteiger partial charge in [-0.05, 0) is 54.2 Å². The van der Waals surface area contributed by atoms with Crippen molar-refractivity contribution < 1.29 is 13.2 Å². The molecule has 0 bridgehead atoms. The molecule has 3 aromatic rings. The first kappa shape index (κ1) is 23.0. The highest BCUT2D eigenvalue weighted by atomic mass is 32.2. The van der Waals surface area contributed by atoms with Crippen LogP contribution < -0.4 is 10.6 Å². The second kappa shape index (κ2) is 10.2. The number of amides is 1. The van der Waals surface area contributed by atoms with Crippen LogP contribution in [0.4, 0.5) is 11.4 Å². The van der Waals surface area contributed by atoms with Gasteiger partial charge in [0.2, 0.25) is 15.9 Å².